The Morgan fingerprint density at radius 2 is 2.17 bits per heavy atom. The van der Waals surface area contributed by atoms with Crippen molar-refractivity contribution in [2.24, 2.45) is 0 Å². The highest BCUT2D eigenvalue weighted by molar-refractivity contribution is 5.62. The van der Waals surface area contributed by atoms with E-state index in [-0.39, 0.29) is 17.7 Å². The molecule has 0 bridgehead atoms. The SMILES string of the molecule is Nc1ncc(F)c(-c2cnn3c2CCCC3)n1.OC1CCCOC1. The van der Waals surface area contributed by atoms with Gasteiger partial charge in [0.15, 0.2) is 5.82 Å². The minimum atomic E-state index is -0.458. The van der Waals surface area contributed by atoms with Gasteiger partial charge in [0, 0.05) is 24.4 Å². The van der Waals surface area contributed by atoms with Crippen molar-refractivity contribution in [3.05, 3.63) is 23.9 Å². The summed E-state index contributed by atoms with van der Waals surface area (Å²) in [4.78, 5) is 7.59. The van der Waals surface area contributed by atoms with Crippen LogP contribution in [-0.4, -0.2) is 44.2 Å². The zero-order valence-electron chi connectivity index (χ0n) is 13.5. The summed E-state index contributed by atoms with van der Waals surface area (Å²) < 4.78 is 20.5. The van der Waals surface area contributed by atoms with Crippen molar-refractivity contribution in [2.75, 3.05) is 18.9 Å². The second-order valence-electron chi connectivity index (χ2n) is 5.98. The maximum absolute atomic E-state index is 13.7. The highest BCUT2D eigenvalue weighted by atomic mass is 19.1. The van der Waals surface area contributed by atoms with Gasteiger partial charge in [-0.1, -0.05) is 0 Å². The third-order valence-corrected chi connectivity index (χ3v) is 4.14. The van der Waals surface area contributed by atoms with Gasteiger partial charge in [0.2, 0.25) is 5.95 Å². The second kappa shape index (κ2) is 7.67. The molecule has 1 atom stereocenters. The van der Waals surface area contributed by atoms with Crippen LogP contribution < -0.4 is 5.73 Å². The Hall–Kier alpha value is -2.06. The zero-order valence-corrected chi connectivity index (χ0v) is 13.5. The molecule has 0 radical (unpaired) electrons. The van der Waals surface area contributed by atoms with Crippen molar-refractivity contribution < 1.29 is 14.2 Å². The molecule has 2 aromatic rings. The van der Waals surface area contributed by atoms with Gasteiger partial charge < -0.3 is 15.6 Å². The molecule has 0 spiro atoms. The number of hydrogen-bond donors (Lipinski definition) is 2. The second-order valence-corrected chi connectivity index (χ2v) is 5.98. The summed E-state index contributed by atoms with van der Waals surface area (Å²) >= 11 is 0. The number of nitrogens with zero attached hydrogens (tertiary/aromatic N) is 4. The number of rotatable bonds is 1. The molecule has 24 heavy (non-hydrogen) atoms. The largest absolute Gasteiger partial charge is 0.391 e. The number of aryl methyl sites for hydroxylation is 1. The van der Waals surface area contributed by atoms with Gasteiger partial charge in [0.25, 0.3) is 0 Å². The molecule has 0 amide bonds. The van der Waals surface area contributed by atoms with Crippen molar-refractivity contribution in [3.8, 4) is 11.3 Å². The Morgan fingerprint density at radius 3 is 2.88 bits per heavy atom. The Bertz CT molecular complexity index is 685. The number of aliphatic hydroxyl groups is 1. The topological polar surface area (TPSA) is 99.1 Å². The van der Waals surface area contributed by atoms with Gasteiger partial charge in [-0.3, -0.25) is 4.68 Å². The summed E-state index contributed by atoms with van der Waals surface area (Å²) in [6.45, 7) is 2.26. The fourth-order valence-corrected chi connectivity index (χ4v) is 2.91. The number of anilines is 1. The molecular formula is C16H22FN5O2. The van der Waals surface area contributed by atoms with Gasteiger partial charge in [-0.25, -0.2) is 14.4 Å². The third-order valence-electron chi connectivity index (χ3n) is 4.14. The molecule has 1 saturated heterocycles. The molecule has 1 unspecified atom stereocenters. The van der Waals surface area contributed by atoms with Crippen LogP contribution in [0.5, 0.6) is 0 Å². The molecule has 8 heteroatoms. The summed E-state index contributed by atoms with van der Waals surface area (Å²) in [7, 11) is 0. The Labute approximate surface area is 139 Å². The maximum atomic E-state index is 13.7. The molecule has 0 saturated carbocycles. The first-order valence-electron chi connectivity index (χ1n) is 8.24. The fourth-order valence-electron chi connectivity index (χ4n) is 2.91. The number of aliphatic hydroxyl groups excluding tert-OH is 1. The van der Waals surface area contributed by atoms with Gasteiger partial charge >= 0.3 is 0 Å². The van der Waals surface area contributed by atoms with Crippen molar-refractivity contribution in [3.63, 3.8) is 0 Å². The molecule has 4 heterocycles. The van der Waals surface area contributed by atoms with Crippen LogP contribution in [0.15, 0.2) is 12.4 Å². The van der Waals surface area contributed by atoms with E-state index in [1.807, 2.05) is 4.68 Å². The molecule has 0 aromatic carbocycles. The predicted molar refractivity (Wildman–Crippen MR) is 86.6 cm³/mol. The number of ether oxygens (including phenoxy) is 1. The highest BCUT2D eigenvalue weighted by Gasteiger charge is 2.19. The van der Waals surface area contributed by atoms with Gasteiger partial charge in [-0.2, -0.15) is 5.10 Å². The van der Waals surface area contributed by atoms with Crippen molar-refractivity contribution >= 4 is 5.95 Å². The molecule has 4 rings (SSSR count). The number of fused-ring (bicyclic) bond motifs is 1. The number of hydrogen-bond acceptors (Lipinski definition) is 6. The first-order chi connectivity index (χ1) is 11.6. The van der Waals surface area contributed by atoms with Crippen molar-refractivity contribution in [1.29, 1.82) is 0 Å². The first kappa shape index (κ1) is 16.8. The summed E-state index contributed by atoms with van der Waals surface area (Å²) in [6, 6.07) is 0. The Balaban J connectivity index is 0.000000203. The lowest BCUT2D eigenvalue weighted by atomic mass is 10.0. The van der Waals surface area contributed by atoms with E-state index in [2.05, 4.69) is 15.1 Å². The zero-order chi connectivity index (χ0) is 16.9. The van der Waals surface area contributed by atoms with Gasteiger partial charge in [0.1, 0.15) is 5.69 Å². The first-order valence-corrected chi connectivity index (χ1v) is 8.24. The lowest BCUT2D eigenvalue weighted by molar-refractivity contribution is -0.00535. The summed E-state index contributed by atoms with van der Waals surface area (Å²) in [5, 5.41) is 13.0. The van der Waals surface area contributed by atoms with Gasteiger partial charge in [0.05, 0.1) is 25.1 Å². The minimum absolute atomic E-state index is 0.0807. The van der Waals surface area contributed by atoms with E-state index in [0.29, 0.717) is 6.61 Å². The van der Waals surface area contributed by atoms with E-state index in [1.165, 1.54) is 0 Å². The van der Waals surface area contributed by atoms with Crippen LogP contribution >= 0.6 is 0 Å². The van der Waals surface area contributed by atoms with Crippen LogP contribution in [0, 0.1) is 5.82 Å². The highest BCUT2D eigenvalue weighted by Crippen LogP contribution is 2.28. The smallest absolute Gasteiger partial charge is 0.220 e. The monoisotopic (exact) mass is 335 g/mol. The Kier molecular flexibility index (Phi) is 5.37. The molecule has 2 aromatic heterocycles. The van der Waals surface area contributed by atoms with Gasteiger partial charge in [-0.15, -0.1) is 0 Å². The number of nitrogen functional groups attached to an aromatic ring is 1. The molecule has 3 N–H and O–H groups in total. The molecule has 1 fully saturated rings. The predicted octanol–water partition coefficient (Wildman–Crippen LogP) is 1.56. The number of halogens is 1. The van der Waals surface area contributed by atoms with E-state index >= 15 is 0 Å². The Morgan fingerprint density at radius 1 is 1.29 bits per heavy atom. The van der Waals surface area contributed by atoms with Crippen LogP contribution in [0.2, 0.25) is 0 Å². The molecular weight excluding hydrogens is 313 g/mol. The van der Waals surface area contributed by atoms with E-state index in [4.69, 9.17) is 15.6 Å². The molecule has 2 aliphatic rings. The van der Waals surface area contributed by atoms with Crippen molar-refractivity contribution in [1.82, 2.24) is 19.7 Å². The number of aromatic nitrogens is 4. The van der Waals surface area contributed by atoms with E-state index < -0.39 is 5.82 Å². The summed E-state index contributed by atoms with van der Waals surface area (Å²) in [6.07, 6.45) is 7.62. The third kappa shape index (κ3) is 3.88. The minimum Gasteiger partial charge on any atom is -0.391 e. The van der Waals surface area contributed by atoms with Crippen LogP contribution in [0.25, 0.3) is 11.3 Å². The van der Waals surface area contributed by atoms with Crippen LogP contribution in [0.1, 0.15) is 31.4 Å². The van der Waals surface area contributed by atoms with E-state index in [0.717, 1.165) is 62.7 Å². The van der Waals surface area contributed by atoms with E-state index in [9.17, 15) is 4.39 Å². The summed E-state index contributed by atoms with van der Waals surface area (Å²) in [5.74, 6) is -0.377. The molecule has 130 valence electrons. The fraction of sp³-hybridized carbons (Fsp3) is 0.562. The standard InChI is InChI=1S/C11H12FN5.C5H10O2/c12-8-6-14-11(13)16-10(8)7-5-15-17-4-2-1-3-9(7)17;6-5-2-1-3-7-4-5/h5-6H,1-4H2,(H2,13,14,16);5-6H,1-4H2. The molecule has 2 aliphatic heterocycles. The van der Waals surface area contributed by atoms with Crippen LogP contribution in [0.4, 0.5) is 10.3 Å². The average molecular weight is 335 g/mol. The van der Waals surface area contributed by atoms with Crippen molar-refractivity contribution in [2.45, 2.75) is 44.8 Å². The maximum Gasteiger partial charge on any atom is 0.220 e. The lowest BCUT2D eigenvalue weighted by Crippen LogP contribution is -2.21. The average Bonchev–Trinajstić information content (AvgIpc) is 3.02. The molecule has 0 aliphatic carbocycles. The molecule has 7 nitrogen and oxygen atoms in total. The van der Waals surface area contributed by atoms with Crippen LogP contribution in [0.3, 0.4) is 0 Å². The lowest BCUT2D eigenvalue weighted by Gasteiger charge is -2.15. The quantitative estimate of drug-likeness (QED) is 0.820. The van der Waals surface area contributed by atoms with E-state index in [1.54, 1.807) is 6.20 Å². The van der Waals surface area contributed by atoms with Gasteiger partial charge in [-0.05, 0) is 32.1 Å². The summed E-state index contributed by atoms with van der Waals surface area (Å²) in [5.41, 5.74) is 7.51. The number of nitrogens with two attached hydrogens (primary N) is 1. The normalized spacial score (nSPS) is 20.0. The van der Waals surface area contributed by atoms with Crippen LogP contribution in [-0.2, 0) is 17.7 Å².